The number of aliphatic hydroxyl groups is 1. The van der Waals surface area contributed by atoms with Gasteiger partial charge in [0.1, 0.15) is 0 Å². The fourth-order valence-electron chi connectivity index (χ4n) is 1.90. The molecule has 0 spiro atoms. The van der Waals surface area contributed by atoms with Gasteiger partial charge in [0, 0.05) is 11.1 Å². The Bertz CT molecular complexity index is 306. The fraction of sp³-hybridized carbons (Fsp3) is 0.455. The van der Waals surface area contributed by atoms with Gasteiger partial charge < -0.3 is 5.11 Å². The Labute approximate surface area is 86.9 Å². The summed E-state index contributed by atoms with van der Waals surface area (Å²) >= 11 is 3.42. The van der Waals surface area contributed by atoms with Gasteiger partial charge >= 0.3 is 0 Å². The molecule has 0 aromatic heterocycles. The molecule has 2 unspecified atom stereocenters. The summed E-state index contributed by atoms with van der Waals surface area (Å²) in [7, 11) is 0. The molecule has 2 heteroatoms. The molecular weight excluding hydrogens is 228 g/mol. The molecule has 0 aliphatic heterocycles. The molecule has 2 atom stereocenters. The average Bonchev–Trinajstić information content (AvgIpc) is 2.80. The van der Waals surface area contributed by atoms with Crippen molar-refractivity contribution in [2.75, 3.05) is 6.61 Å². The smallest absolute Gasteiger partial charge is 0.0468 e. The summed E-state index contributed by atoms with van der Waals surface area (Å²) in [5.41, 5.74) is 1.57. The third-order valence-corrected chi connectivity index (χ3v) is 3.66. The molecule has 1 saturated carbocycles. The Morgan fingerprint density at radius 2 is 2.08 bits per heavy atom. The van der Waals surface area contributed by atoms with Crippen molar-refractivity contribution in [2.45, 2.75) is 18.8 Å². The standard InChI is InChI=1S/C11H13BrO/c1-11(6-9(11)7-13)8-2-4-10(12)5-3-8/h2-5,9,13H,6-7H2,1H3. The molecule has 0 bridgehead atoms. The molecule has 1 aliphatic carbocycles. The van der Waals surface area contributed by atoms with Crippen LogP contribution >= 0.6 is 15.9 Å². The molecule has 1 aliphatic rings. The number of rotatable bonds is 2. The molecule has 13 heavy (non-hydrogen) atoms. The number of halogens is 1. The van der Waals surface area contributed by atoms with Crippen molar-refractivity contribution in [3.8, 4) is 0 Å². The van der Waals surface area contributed by atoms with E-state index in [0.717, 1.165) is 10.9 Å². The first-order valence-corrected chi connectivity index (χ1v) is 5.33. The second-order valence-corrected chi connectivity index (χ2v) is 4.92. The summed E-state index contributed by atoms with van der Waals surface area (Å²) < 4.78 is 1.11. The second kappa shape index (κ2) is 3.10. The summed E-state index contributed by atoms with van der Waals surface area (Å²) in [4.78, 5) is 0. The van der Waals surface area contributed by atoms with E-state index in [1.165, 1.54) is 5.56 Å². The van der Waals surface area contributed by atoms with Crippen LogP contribution in [0.4, 0.5) is 0 Å². The summed E-state index contributed by atoms with van der Waals surface area (Å²) in [6, 6.07) is 8.40. The Morgan fingerprint density at radius 1 is 1.46 bits per heavy atom. The van der Waals surface area contributed by atoms with Gasteiger partial charge in [0.15, 0.2) is 0 Å². The van der Waals surface area contributed by atoms with Crippen LogP contribution in [0.25, 0.3) is 0 Å². The molecular formula is C11H13BrO. The van der Waals surface area contributed by atoms with E-state index in [-0.39, 0.29) is 5.41 Å². The summed E-state index contributed by atoms with van der Waals surface area (Å²) in [6.07, 6.45) is 1.12. The molecule has 1 nitrogen and oxygen atoms in total. The van der Waals surface area contributed by atoms with Crippen LogP contribution in [0.3, 0.4) is 0 Å². The maximum absolute atomic E-state index is 9.05. The van der Waals surface area contributed by atoms with Crippen LogP contribution in [0.15, 0.2) is 28.7 Å². The zero-order valence-electron chi connectivity index (χ0n) is 7.63. The van der Waals surface area contributed by atoms with Gasteiger partial charge in [0.25, 0.3) is 0 Å². The molecule has 0 radical (unpaired) electrons. The predicted molar refractivity (Wildman–Crippen MR) is 56.7 cm³/mol. The van der Waals surface area contributed by atoms with Gasteiger partial charge in [0.05, 0.1) is 0 Å². The third kappa shape index (κ3) is 1.53. The van der Waals surface area contributed by atoms with E-state index in [9.17, 15) is 0 Å². The van der Waals surface area contributed by atoms with Crippen molar-refractivity contribution >= 4 is 15.9 Å². The maximum Gasteiger partial charge on any atom is 0.0468 e. The summed E-state index contributed by atoms with van der Waals surface area (Å²) in [5.74, 6) is 0.466. The first-order chi connectivity index (χ1) is 6.16. The molecule has 0 amide bonds. The van der Waals surface area contributed by atoms with Crippen LogP contribution in [0, 0.1) is 5.92 Å². The van der Waals surface area contributed by atoms with Gasteiger partial charge in [-0.25, -0.2) is 0 Å². The third-order valence-electron chi connectivity index (χ3n) is 3.14. The van der Waals surface area contributed by atoms with Crippen LogP contribution in [-0.2, 0) is 5.41 Å². The summed E-state index contributed by atoms with van der Waals surface area (Å²) in [5, 5.41) is 9.05. The Kier molecular flexibility index (Phi) is 2.20. The van der Waals surface area contributed by atoms with Gasteiger partial charge in [-0.3, -0.25) is 0 Å². The van der Waals surface area contributed by atoms with Gasteiger partial charge in [0.2, 0.25) is 0 Å². The van der Waals surface area contributed by atoms with Crippen molar-refractivity contribution in [3.05, 3.63) is 34.3 Å². The van der Waals surface area contributed by atoms with Crippen LogP contribution < -0.4 is 0 Å². The van der Waals surface area contributed by atoms with E-state index < -0.39 is 0 Å². The summed E-state index contributed by atoms with van der Waals surface area (Å²) in [6.45, 7) is 2.53. The lowest BCUT2D eigenvalue weighted by Crippen LogP contribution is -2.06. The molecule has 1 aromatic carbocycles. The first kappa shape index (κ1) is 9.22. The Morgan fingerprint density at radius 3 is 2.54 bits per heavy atom. The van der Waals surface area contributed by atoms with Crippen molar-refractivity contribution in [1.29, 1.82) is 0 Å². The van der Waals surface area contributed by atoms with Crippen molar-refractivity contribution in [2.24, 2.45) is 5.92 Å². The molecule has 70 valence electrons. The average molecular weight is 241 g/mol. The highest BCUT2D eigenvalue weighted by Gasteiger charge is 2.50. The van der Waals surface area contributed by atoms with Crippen molar-refractivity contribution < 1.29 is 5.11 Å². The van der Waals surface area contributed by atoms with Gasteiger partial charge in [-0.15, -0.1) is 0 Å². The number of hydrogen-bond donors (Lipinski definition) is 1. The molecule has 1 aromatic rings. The quantitative estimate of drug-likeness (QED) is 0.844. The van der Waals surface area contributed by atoms with Gasteiger partial charge in [-0.2, -0.15) is 0 Å². The number of hydrogen-bond acceptors (Lipinski definition) is 1. The van der Waals surface area contributed by atoms with Crippen LogP contribution in [0.1, 0.15) is 18.9 Å². The van der Waals surface area contributed by atoms with Gasteiger partial charge in [-0.05, 0) is 35.4 Å². The Balaban J connectivity index is 2.23. The first-order valence-electron chi connectivity index (χ1n) is 4.54. The predicted octanol–water partition coefficient (Wildman–Crippen LogP) is 2.72. The van der Waals surface area contributed by atoms with Crippen LogP contribution in [0.5, 0.6) is 0 Å². The fourth-order valence-corrected chi connectivity index (χ4v) is 2.17. The second-order valence-electron chi connectivity index (χ2n) is 4.01. The lowest BCUT2D eigenvalue weighted by molar-refractivity contribution is 0.265. The minimum Gasteiger partial charge on any atom is -0.396 e. The van der Waals surface area contributed by atoms with E-state index >= 15 is 0 Å². The molecule has 2 rings (SSSR count). The van der Waals surface area contributed by atoms with E-state index in [1.54, 1.807) is 0 Å². The largest absolute Gasteiger partial charge is 0.396 e. The minimum atomic E-state index is 0.232. The van der Waals surface area contributed by atoms with E-state index in [4.69, 9.17) is 5.11 Å². The zero-order chi connectivity index (χ0) is 9.47. The molecule has 1 fully saturated rings. The monoisotopic (exact) mass is 240 g/mol. The topological polar surface area (TPSA) is 20.2 Å². The van der Waals surface area contributed by atoms with Crippen molar-refractivity contribution in [1.82, 2.24) is 0 Å². The number of benzene rings is 1. The molecule has 1 N–H and O–H groups in total. The van der Waals surface area contributed by atoms with E-state index in [0.29, 0.717) is 12.5 Å². The zero-order valence-corrected chi connectivity index (χ0v) is 9.21. The molecule has 0 saturated heterocycles. The highest BCUT2D eigenvalue weighted by Crippen LogP contribution is 2.53. The van der Waals surface area contributed by atoms with Crippen LogP contribution in [-0.4, -0.2) is 11.7 Å². The lowest BCUT2D eigenvalue weighted by atomic mass is 9.96. The van der Waals surface area contributed by atoms with E-state index in [2.05, 4.69) is 47.1 Å². The number of aliphatic hydroxyl groups excluding tert-OH is 1. The maximum atomic E-state index is 9.05. The molecule has 0 heterocycles. The highest BCUT2D eigenvalue weighted by molar-refractivity contribution is 9.10. The Hall–Kier alpha value is -0.340. The van der Waals surface area contributed by atoms with Gasteiger partial charge in [-0.1, -0.05) is 35.0 Å². The van der Waals surface area contributed by atoms with E-state index in [1.807, 2.05) is 0 Å². The lowest BCUT2D eigenvalue weighted by Gasteiger charge is -2.10. The van der Waals surface area contributed by atoms with Crippen molar-refractivity contribution in [3.63, 3.8) is 0 Å². The normalized spacial score (nSPS) is 31.8. The van der Waals surface area contributed by atoms with Crippen LogP contribution in [0.2, 0.25) is 0 Å². The minimum absolute atomic E-state index is 0.232. The SMILES string of the molecule is CC1(c2ccc(Br)cc2)CC1CO. The highest BCUT2D eigenvalue weighted by atomic mass is 79.9.